The van der Waals surface area contributed by atoms with Gasteiger partial charge < -0.3 is 19.4 Å². The minimum Gasteiger partial charge on any atom is -0.406 e. The number of rotatable bonds is 4. The molecule has 5 rings (SSSR count). The number of nitrogens with zero attached hydrogens (tertiary/aromatic N) is 3. The van der Waals surface area contributed by atoms with Crippen LogP contribution in [0.4, 0.5) is 18.9 Å². The molecular weight excluding hydrogens is 449 g/mol. The molecule has 0 saturated carbocycles. The monoisotopic (exact) mass is 468 g/mol. The molecule has 174 valence electrons. The number of carbonyl (C=O) groups excluding carboxylic acids is 1. The maximum absolute atomic E-state index is 13.1. The summed E-state index contributed by atoms with van der Waals surface area (Å²) in [6, 6.07) is 12.2. The van der Waals surface area contributed by atoms with Gasteiger partial charge in [-0.2, -0.15) is 0 Å². The second kappa shape index (κ2) is 8.45. The van der Waals surface area contributed by atoms with E-state index in [-0.39, 0.29) is 11.8 Å². The number of benzene rings is 2. The summed E-state index contributed by atoms with van der Waals surface area (Å²) in [4.78, 5) is 22.0. The van der Waals surface area contributed by atoms with Crippen LogP contribution in [0, 0.1) is 0 Å². The minimum absolute atomic E-state index is 0.0706. The molecular formula is C24H19F3N4O3. The van der Waals surface area contributed by atoms with Crippen molar-refractivity contribution in [2.45, 2.75) is 25.9 Å². The van der Waals surface area contributed by atoms with Crippen molar-refractivity contribution in [3.63, 3.8) is 0 Å². The number of pyridine rings is 1. The normalized spacial score (nSPS) is 15.7. The lowest BCUT2D eigenvalue weighted by Crippen LogP contribution is -2.21. The van der Waals surface area contributed by atoms with E-state index >= 15 is 0 Å². The highest BCUT2D eigenvalue weighted by Gasteiger charge is 2.31. The Morgan fingerprint density at radius 1 is 1.21 bits per heavy atom. The first-order valence-corrected chi connectivity index (χ1v) is 10.5. The Bertz CT molecular complexity index is 1350. The van der Waals surface area contributed by atoms with Crippen molar-refractivity contribution in [2.24, 2.45) is 0 Å². The molecule has 0 unspecified atom stereocenters. The van der Waals surface area contributed by atoms with E-state index in [9.17, 15) is 18.0 Å². The SMILES string of the molecule is C[C@@H]1COCc2nc3cc(C(=O)Nc4ccc(OC(F)(F)F)cc4)cc(-c4cccnc4)c3n21. The number of ether oxygens (including phenoxy) is 2. The van der Waals surface area contributed by atoms with E-state index in [0.29, 0.717) is 30.0 Å². The number of nitrogens with one attached hydrogen (secondary N) is 1. The average molecular weight is 468 g/mol. The molecule has 1 N–H and O–H groups in total. The van der Waals surface area contributed by atoms with Crippen LogP contribution in [0.1, 0.15) is 29.1 Å². The van der Waals surface area contributed by atoms with Crippen LogP contribution in [-0.2, 0) is 11.3 Å². The predicted octanol–water partition coefficient (Wildman–Crippen LogP) is 5.34. The number of carbonyl (C=O) groups is 1. The number of hydrogen-bond donors (Lipinski definition) is 1. The van der Waals surface area contributed by atoms with Crippen molar-refractivity contribution in [3.05, 3.63) is 72.3 Å². The summed E-state index contributed by atoms with van der Waals surface area (Å²) >= 11 is 0. The summed E-state index contributed by atoms with van der Waals surface area (Å²) in [5.74, 6) is -0.0192. The zero-order valence-electron chi connectivity index (χ0n) is 18.0. The zero-order valence-corrected chi connectivity index (χ0v) is 18.0. The van der Waals surface area contributed by atoms with Gasteiger partial charge in [-0.3, -0.25) is 9.78 Å². The van der Waals surface area contributed by atoms with Crippen LogP contribution in [0.5, 0.6) is 5.75 Å². The van der Waals surface area contributed by atoms with E-state index in [1.807, 2.05) is 19.1 Å². The van der Waals surface area contributed by atoms with Crippen molar-refractivity contribution in [1.29, 1.82) is 0 Å². The summed E-state index contributed by atoms with van der Waals surface area (Å²) in [5.41, 5.74) is 3.85. The fourth-order valence-corrected chi connectivity index (χ4v) is 4.07. The van der Waals surface area contributed by atoms with Gasteiger partial charge in [0.25, 0.3) is 5.91 Å². The molecule has 7 nitrogen and oxygen atoms in total. The molecule has 3 heterocycles. The number of imidazole rings is 1. The molecule has 1 aliphatic rings. The lowest BCUT2D eigenvalue weighted by atomic mass is 10.0. The predicted molar refractivity (Wildman–Crippen MR) is 118 cm³/mol. The fraction of sp³-hybridized carbons (Fsp3) is 0.208. The van der Waals surface area contributed by atoms with E-state index in [2.05, 4.69) is 19.6 Å². The van der Waals surface area contributed by atoms with Crippen molar-refractivity contribution in [3.8, 4) is 16.9 Å². The smallest absolute Gasteiger partial charge is 0.406 e. The molecule has 34 heavy (non-hydrogen) atoms. The number of amides is 1. The molecule has 0 aliphatic carbocycles. The quantitative estimate of drug-likeness (QED) is 0.438. The van der Waals surface area contributed by atoms with E-state index in [4.69, 9.17) is 9.72 Å². The molecule has 0 radical (unpaired) electrons. The van der Waals surface area contributed by atoms with Crippen LogP contribution in [0.3, 0.4) is 0 Å². The molecule has 1 atom stereocenters. The Balaban J connectivity index is 1.52. The molecule has 1 aliphatic heterocycles. The van der Waals surface area contributed by atoms with Crippen LogP contribution in [0.15, 0.2) is 60.9 Å². The Hall–Kier alpha value is -3.92. The lowest BCUT2D eigenvalue weighted by Gasteiger charge is -2.23. The van der Waals surface area contributed by atoms with Crippen LogP contribution in [0.2, 0.25) is 0 Å². The maximum Gasteiger partial charge on any atom is 0.573 e. The average Bonchev–Trinajstić information content (AvgIpc) is 3.19. The largest absolute Gasteiger partial charge is 0.573 e. The van der Waals surface area contributed by atoms with Gasteiger partial charge in [-0.15, -0.1) is 13.2 Å². The summed E-state index contributed by atoms with van der Waals surface area (Å²) in [6.45, 7) is 2.98. The van der Waals surface area contributed by atoms with Gasteiger partial charge >= 0.3 is 6.36 Å². The van der Waals surface area contributed by atoms with Crippen LogP contribution >= 0.6 is 0 Å². The minimum atomic E-state index is -4.78. The molecule has 1 amide bonds. The van der Waals surface area contributed by atoms with Gasteiger partial charge in [0.15, 0.2) is 0 Å². The highest BCUT2D eigenvalue weighted by atomic mass is 19.4. The Kier molecular flexibility index (Phi) is 5.45. The number of hydrogen-bond acceptors (Lipinski definition) is 5. The molecule has 0 fully saturated rings. The number of fused-ring (bicyclic) bond motifs is 3. The summed E-state index contributed by atoms with van der Waals surface area (Å²) in [5, 5.41) is 2.71. The third-order valence-corrected chi connectivity index (χ3v) is 5.47. The van der Waals surface area contributed by atoms with Gasteiger partial charge in [0.05, 0.1) is 23.7 Å². The molecule has 2 aromatic carbocycles. The zero-order chi connectivity index (χ0) is 23.9. The number of anilines is 1. The number of halogens is 3. The van der Waals surface area contributed by atoms with Crippen LogP contribution in [-0.4, -0.2) is 33.4 Å². The van der Waals surface area contributed by atoms with Gasteiger partial charge in [0.1, 0.15) is 18.2 Å². The summed E-state index contributed by atoms with van der Waals surface area (Å²) < 4.78 is 48.7. The van der Waals surface area contributed by atoms with E-state index in [1.165, 1.54) is 12.1 Å². The maximum atomic E-state index is 13.1. The molecule has 10 heteroatoms. The molecule has 4 aromatic rings. The van der Waals surface area contributed by atoms with Gasteiger partial charge in [0.2, 0.25) is 0 Å². The first-order chi connectivity index (χ1) is 16.3. The third kappa shape index (κ3) is 4.32. The Morgan fingerprint density at radius 2 is 2.00 bits per heavy atom. The van der Waals surface area contributed by atoms with Gasteiger partial charge in [-0.05, 0) is 49.4 Å². The lowest BCUT2D eigenvalue weighted by molar-refractivity contribution is -0.274. The summed E-state index contributed by atoms with van der Waals surface area (Å²) in [7, 11) is 0. The molecule has 0 spiro atoms. The number of aromatic nitrogens is 3. The van der Waals surface area contributed by atoms with Gasteiger partial charge in [-0.25, -0.2) is 4.98 Å². The second-order valence-corrected chi connectivity index (χ2v) is 7.92. The first-order valence-electron chi connectivity index (χ1n) is 10.5. The van der Waals surface area contributed by atoms with E-state index in [1.54, 1.807) is 24.5 Å². The first kappa shape index (κ1) is 21.9. The van der Waals surface area contributed by atoms with Gasteiger partial charge in [-0.1, -0.05) is 6.07 Å². The van der Waals surface area contributed by atoms with Crippen molar-refractivity contribution >= 4 is 22.6 Å². The van der Waals surface area contributed by atoms with Crippen molar-refractivity contribution in [1.82, 2.24) is 14.5 Å². The molecule has 2 aromatic heterocycles. The summed E-state index contributed by atoms with van der Waals surface area (Å²) in [6.07, 6.45) is -1.39. The third-order valence-electron chi connectivity index (χ3n) is 5.47. The highest BCUT2D eigenvalue weighted by molar-refractivity contribution is 6.08. The van der Waals surface area contributed by atoms with Crippen molar-refractivity contribution in [2.75, 3.05) is 11.9 Å². The second-order valence-electron chi connectivity index (χ2n) is 7.92. The van der Waals surface area contributed by atoms with Gasteiger partial charge in [0, 0.05) is 34.8 Å². The van der Waals surface area contributed by atoms with E-state index in [0.717, 1.165) is 34.6 Å². The van der Waals surface area contributed by atoms with Crippen molar-refractivity contribution < 1.29 is 27.4 Å². The standard InChI is InChI=1S/C24H19F3N4O3/c1-14-12-33-13-21-30-20-10-16(9-19(22(20)31(14)21)15-3-2-8-28-11-15)23(32)29-17-4-6-18(7-5-17)34-24(25,26)27/h2-11,14H,12-13H2,1H3,(H,29,32)/t14-/m1/s1. The Labute approximate surface area is 192 Å². The van der Waals surface area contributed by atoms with E-state index < -0.39 is 12.3 Å². The molecule has 0 saturated heterocycles. The fourth-order valence-electron chi connectivity index (χ4n) is 4.07. The Morgan fingerprint density at radius 3 is 2.71 bits per heavy atom. The van der Waals surface area contributed by atoms with Crippen LogP contribution < -0.4 is 10.1 Å². The van der Waals surface area contributed by atoms with Crippen LogP contribution in [0.25, 0.3) is 22.2 Å². The number of alkyl halides is 3. The topological polar surface area (TPSA) is 78.3 Å². The molecule has 0 bridgehead atoms. The highest BCUT2D eigenvalue weighted by Crippen LogP contribution is 2.35.